The number of hydrogen-bond donors (Lipinski definition) is 1. The molecule has 0 spiro atoms. The minimum atomic E-state index is 0.0709. The van der Waals surface area contributed by atoms with Crippen LogP contribution in [0.15, 0.2) is 0 Å². The fourth-order valence-corrected chi connectivity index (χ4v) is 4.31. The van der Waals surface area contributed by atoms with Gasteiger partial charge < -0.3 is 5.11 Å². The van der Waals surface area contributed by atoms with Crippen molar-refractivity contribution in [3.63, 3.8) is 0 Å². The van der Waals surface area contributed by atoms with E-state index in [0.29, 0.717) is 5.92 Å². The average molecular weight is 166 g/mol. The van der Waals surface area contributed by atoms with Crippen molar-refractivity contribution in [2.75, 3.05) is 0 Å². The van der Waals surface area contributed by atoms with Gasteiger partial charge in [-0.1, -0.05) is 6.92 Å². The van der Waals surface area contributed by atoms with E-state index in [2.05, 4.69) is 6.92 Å². The summed E-state index contributed by atoms with van der Waals surface area (Å²) in [5.41, 5.74) is 0. The summed E-state index contributed by atoms with van der Waals surface area (Å²) >= 11 is 0. The SMILES string of the molecule is CC1CC2C3CC(O)C(C3)C2C1. The molecule has 0 heterocycles. The average Bonchev–Trinajstić information content (AvgIpc) is 2.57. The summed E-state index contributed by atoms with van der Waals surface area (Å²) in [5, 5.41) is 9.75. The quantitative estimate of drug-likeness (QED) is 0.584. The van der Waals surface area contributed by atoms with E-state index >= 15 is 0 Å². The smallest absolute Gasteiger partial charge is 0.0574 e. The minimum Gasteiger partial charge on any atom is -0.393 e. The van der Waals surface area contributed by atoms with Gasteiger partial charge >= 0.3 is 0 Å². The zero-order chi connectivity index (χ0) is 8.29. The first kappa shape index (κ1) is 7.37. The van der Waals surface area contributed by atoms with Crippen LogP contribution in [-0.2, 0) is 0 Å². The van der Waals surface area contributed by atoms with Gasteiger partial charge in [-0.05, 0) is 55.3 Å². The third-order valence-corrected chi connectivity index (χ3v) is 4.67. The van der Waals surface area contributed by atoms with Gasteiger partial charge in [0.15, 0.2) is 0 Å². The van der Waals surface area contributed by atoms with Crippen molar-refractivity contribution in [2.24, 2.45) is 29.6 Å². The Morgan fingerprint density at radius 2 is 1.67 bits per heavy atom. The highest BCUT2D eigenvalue weighted by atomic mass is 16.3. The van der Waals surface area contributed by atoms with Crippen LogP contribution >= 0.6 is 0 Å². The Kier molecular flexibility index (Phi) is 1.39. The molecule has 1 heteroatoms. The third-order valence-electron chi connectivity index (χ3n) is 4.67. The van der Waals surface area contributed by atoms with Crippen LogP contribution in [0.25, 0.3) is 0 Å². The molecule has 6 unspecified atom stereocenters. The summed E-state index contributed by atoms with van der Waals surface area (Å²) in [5.74, 6) is 4.46. The number of hydrogen-bond acceptors (Lipinski definition) is 1. The summed E-state index contributed by atoms with van der Waals surface area (Å²) in [6.07, 6.45) is 5.41. The maximum absolute atomic E-state index is 9.75. The third kappa shape index (κ3) is 0.783. The normalized spacial score (nSPS) is 62.5. The molecule has 3 aliphatic carbocycles. The molecule has 2 bridgehead atoms. The summed E-state index contributed by atoms with van der Waals surface area (Å²) < 4.78 is 0. The first-order valence-corrected chi connectivity index (χ1v) is 5.43. The zero-order valence-corrected chi connectivity index (χ0v) is 7.74. The predicted octanol–water partition coefficient (Wildman–Crippen LogP) is 2.05. The Morgan fingerprint density at radius 3 is 2.50 bits per heavy atom. The molecule has 0 aromatic rings. The molecular formula is C11H18O. The molecular weight excluding hydrogens is 148 g/mol. The molecule has 3 fully saturated rings. The Balaban J connectivity index is 1.86. The van der Waals surface area contributed by atoms with Gasteiger partial charge in [-0.15, -0.1) is 0 Å². The largest absolute Gasteiger partial charge is 0.393 e. The molecule has 0 radical (unpaired) electrons. The van der Waals surface area contributed by atoms with Gasteiger partial charge in [0.05, 0.1) is 6.10 Å². The molecule has 0 aromatic heterocycles. The van der Waals surface area contributed by atoms with Crippen LogP contribution in [0.5, 0.6) is 0 Å². The molecule has 3 rings (SSSR count). The molecule has 0 saturated heterocycles. The van der Waals surface area contributed by atoms with Crippen molar-refractivity contribution in [3.8, 4) is 0 Å². The van der Waals surface area contributed by atoms with E-state index in [4.69, 9.17) is 0 Å². The van der Waals surface area contributed by atoms with Crippen LogP contribution < -0.4 is 0 Å². The molecule has 0 aliphatic heterocycles. The summed E-state index contributed by atoms with van der Waals surface area (Å²) in [7, 11) is 0. The van der Waals surface area contributed by atoms with Gasteiger partial charge in [0.2, 0.25) is 0 Å². The van der Waals surface area contributed by atoms with E-state index in [-0.39, 0.29) is 6.10 Å². The lowest BCUT2D eigenvalue weighted by Gasteiger charge is -2.28. The van der Waals surface area contributed by atoms with Crippen molar-refractivity contribution in [2.45, 2.75) is 38.7 Å². The van der Waals surface area contributed by atoms with Crippen molar-refractivity contribution in [1.82, 2.24) is 0 Å². The van der Waals surface area contributed by atoms with E-state index in [1.54, 1.807) is 0 Å². The highest BCUT2D eigenvalue weighted by Gasteiger charge is 2.54. The van der Waals surface area contributed by atoms with Gasteiger partial charge in [0.25, 0.3) is 0 Å². The highest BCUT2D eigenvalue weighted by Crippen LogP contribution is 2.59. The fourth-order valence-electron chi connectivity index (χ4n) is 4.31. The predicted molar refractivity (Wildman–Crippen MR) is 47.6 cm³/mol. The Bertz CT molecular complexity index is 197. The monoisotopic (exact) mass is 166 g/mol. The molecule has 0 amide bonds. The molecule has 12 heavy (non-hydrogen) atoms. The molecule has 3 aliphatic rings. The van der Waals surface area contributed by atoms with E-state index in [0.717, 1.165) is 30.1 Å². The van der Waals surface area contributed by atoms with Crippen LogP contribution in [-0.4, -0.2) is 11.2 Å². The lowest BCUT2D eigenvalue weighted by Crippen LogP contribution is -2.27. The fraction of sp³-hybridized carbons (Fsp3) is 1.00. The van der Waals surface area contributed by atoms with E-state index in [1.807, 2.05) is 0 Å². The topological polar surface area (TPSA) is 20.2 Å². The first-order valence-electron chi connectivity index (χ1n) is 5.43. The van der Waals surface area contributed by atoms with Crippen molar-refractivity contribution < 1.29 is 5.11 Å². The lowest BCUT2D eigenvalue weighted by atomic mass is 9.80. The van der Waals surface area contributed by atoms with Gasteiger partial charge in [-0.25, -0.2) is 0 Å². The van der Waals surface area contributed by atoms with Crippen LogP contribution in [0.1, 0.15) is 32.6 Å². The molecule has 0 aromatic carbocycles. The van der Waals surface area contributed by atoms with E-state index < -0.39 is 0 Å². The summed E-state index contributed by atoms with van der Waals surface area (Å²) in [6.45, 7) is 2.38. The second-order valence-corrected chi connectivity index (χ2v) is 5.37. The molecule has 1 N–H and O–H groups in total. The molecule has 3 saturated carbocycles. The first-order chi connectivity index (χ1) is 5.75. The van der Waals surface area contributed by atoms with Gasteiger partial charge in [0, 0.05) is 0 Å². The van der Waals surface area contributed by atoms with Crippen LogP contribution in [0.2, 0.25) is 0 Å². The zero-order valence-electron chi connectivity index (χ0n) is 7.74. The second kappa shape index (κ2) is 2.25. The van der Waals surface area contributed by atoms with Crippen molar-refractivity contribution in [3.05, 3.63) is 0 Å². The maximum atomic E-state index is 9.75. The molecule has 68 valence electrons. The Morgan fingerprint density at radius 1 is 0.917 bits per heavy atom. The minimum absolute atomic E-state index is 0.0709. The van der Waals surface area contributed by atoms with Gasteiger partial charge in [-0.3, -0.25) is 0 Å². The van der Waals surface area contributed by atoms with Crippen molar-refractivity contribution >= 4 is 0 Å². The van der Waals surface area contributed by atoms with Crippen LogP contribution in [0.4, 0.5) is 0 Å². The second-order valence-electron chi connectivity index (χ2n) is 5.37. The van der Waals surface area contributed by atoms with Crippen molar-refractivity contribution in [1.29, 1.82) is 0 Å². The number of fused-ring (bicyclic) bond motifs is 5. The Labute approximate surface area is 74.2 Å². The van der Waals surface area contributed by atoms with Crippen LogP contribution in [0.3, 0.4) is 0 Å². The highest BCUT2D eigenvalue weighted by molar-refractivity contribution is 5.04. The van der Waals surface area contributed by atoms with E-state index in [9.17, 15) is 5.11 Å². The van der Waals surface area contributed by atoms with Crippen LogP contribution in [0, 0.1) is 29.6 Å². The molecule has 6 atom stereocenters. The molecule has 1 nitrogen and oxygen atoms in total. The van der Waals surface area contributed by atoms with Gasteiger partial charge in [-0.2, -0.15) is 0 Å². The van der Waals surface area contributed by atoms with E-state index in [1.165, 1.54) is 19.3 Å². The lowest BCUT2D eigenvalue weighted by molar-refractivity contribution is 0.0640. The maximum Gasteiger partial charge on any atom is 0.0574 e. The number of aliphatic hydroxyl groups is 1. The summed E-state index contributed by atoms with van der Waals surface area (Å²) in [4.78, 5) is 0. The number of rotatable bonds is 0. The van der Waals surface area contributed by atoms with Gasteiger partial charge in [0.1, 0.15) is 0 Å². The standard InChI is InChI=1S/C11H18O/c1-6-2-8-7-4-10(9(8)3-6)11(12)5-7/h6-12H,2-5H2,1H3. The Hall–Kier alpha value is -0.0400. The summed E-state index contributed by atoms with van der Waals surface area (Å²) in [6, 6.07) is 0. The number of aliphatic hydroxyl groups excluding tert-OH is 1.